The highest BCUT2D eigenvalue weighted by molar-refractivity contribution is 6.19. The lowest BCUT2D eigenvalue weighted by atomic mass is 9.83. The van der Waals surface area contributed by atoms with E-state index >= 15 is 0 Å². The standard InChI is InChI=1S/C58H43N/c1-3-14-42(15-4-1)26-27-43-30-36-51(37-31-43)59(50-20-5-2-6-21-50)52-38-32-44(33-39-52)28-29-45-16-13-19-48(40-45)57-53-22-9-11-24-55(53)58(56-25-12-10-23-54(56)57)49-35-34-46-17-7-8-18-47(46)41-49/h1-12,14-18,20-41H,13,19H2/b27-26+,29-28+. The molecule has 10 rings (SSSR count). The molecule has 0 saturated carbocycles. The second-order valence-electron chi connectivity index (χ2n) is 15.2. The summed E-state index contributed by atoms with van der Waals surface area (Å²) in [5, 5.41) is 7.74. The van der Waals surface area contributed by atoms with Gasteiger partial charge in [0, 0.05) is 17.1 Å². The van der Waals surface area contributed by atoms with Crippen LogP contribution < -0.4 is 4.90 Å². The number of allylic oxidation sites excluding steroid dienone is 5. The SMILES string of the molecule is C1=C(/C=C/c2ccc(N(c3ccccc3)c3ccc(/C=C/c4ccccc4)cc3)cc2)C=C(c2c3ccccc3c(-c3ccc4ccccc4c3)c3ccccc23)CC1. The third-order valence-corrected chi connectivity index (χ3v) is 11.5. The molecule has 9 aromatic carbocycles. The molecular weight excluding hydrogens is 711 g/mol. The van der Waals surface area contributed by atoms with Crippen LogP contribution in [0.1, 0.15) is 35.1 Å². The number of hydrogen-bond donors (Lipinski definition) is 0. The molecule has 1 heteroatoms. The van der Waals surface area contributed by atoms with Crippen LogP contribution in [-0.4, -0.2) is 0 Å². The number of fused-ring (bicyclic) bond motifs is 3. The Hall–Kier alpha value is -7.48. The third kappa shape index (κ3) is 7.43. The van der Waals surface area contributed by atoms with Gasteiger partial charge in [0.05, 0.1) is 0 Å². The predicted octanol–water partition coefficient (Wildman–Crippen LogP) is 16.3. The zero-order chi connectivity index (χ0) is 39.4. The van der Waals surface area contributed by atoms with Crippen LogP contribution in [0.25, 0.3) is 67.2 Å². The molecule has 0 unspecified atom stereocenters. The minimum Gasteiger partial charge on any atom is -0.311 e. The zero-order valence-electron chi connectivity index (χ0n) is 32.9. The van der Waals surface area contributed by atoms with Gasteiger partial charge in [-0.2, -0.15) is 0 Å². The first-order valence-corrected chi connectivity index (χ1v) is 20.6. The fourth-order valence-electron chi connectivity index (χ4n) is 8.61. The summed E-state index contributed by atoms with van der Waals surface area (Å²) in [7, 11) is 0. The molecule has 0 heterocycles. The summed E-state index contributed by atoms with van der Waals surface area (Å²) in [4.78, 5) is 2.32. The van der Waals surface area contributed by atoms with Gasteiger partial charge in [0.15, 0.2) is 0 Å². The lowest BCUT2D eigenvalue weighted by molar-refractivity contribution is 1.05. The van der Waals surface area contributed by atoms with Crippen molar-refractivity contribution >= 4 is 73.2 Å². The van der Waals surface area contributed by atoms with Crippen LogP contribution in [0.3, 0.4) is 0 Å². The molecule has 0 aliphatic heterocycles. The summed E-state index contributed by atoms with van der Waals surface area (Å²) >= 11 is 0. The van der Waals surface area contributed by atoms with Crippen molar-refractivity contribution in [1.82, 2.24) is 0 Å². The molecule has 0 bridgehead atoms. The van der Waals surface area contributed by atoms with Crippen LogP contribution in [0.2, 0.25) is 0 Å². The van der Waals surface area contributed by atoms with Gasteiger partial charge in [-0.3, -0.25) is 0 Å². The smallest absolute Gasteiger partial charge is 0.0462 e. The van der Waals surface area contributed by atoms with Crippen LogP contribution in [0, 0.1) is 0 Å². The van der Waals surface area contributed by atoms with Crippen molar-refractivity contribution in [1.29, 1.82) is 0 Å². The molecule has 59 heavy (non-hydrogen) atoms. The van der Waals surface area contributed by atoms with Gasteiger partial charge >= 0.3 is 0 Å². The number of anilines is 3. The van der Waals surface area contributed by atoms with Crippen molar-refractivity contribution in [3.63, 3.8) is 0 Å². The van der Waals surface area contributed by atoms with Crippen molar-refractivity contribution in [2.75, 3.05) is 4.90 Å². The Morgan fingerprint density at radius 1 is 0.373 bits per heavy atom. The van der Waals surface area contributed by atoms with E-state index in [0.29, 0.717) is 0 Å². The summed E-state index contributed by atoms with van der Waals surface area (Å²) in [6.07, 6.45) is 15.6. The van der Waals surface area contributed by atoms with Crippen LogP contribution in [0.5, 0.6) is 0 Å². The molecule has 280 valence electrons. The van der Waals surface area contributed by atoms with Crippen molar-refractivity contribution in [3.05, 3.63) is 246 Å². The van der Waals surface area contributed by atoms with Crippen LogP contribution in [0.4, 0.5) is 17.1 Å². The molecule has 0 radical (unpaired) electrons. The molecule has 1 aliphatic carbocycles. The van der Waals surface area contributed by atoms with Gasteiger partial charge in [-0.05, 0) is 132 Å². The van der Waals surface area contributed by atoms with E-state index in [0.717, 1.165) is 29.9 Å². The van der Waals surface area contributed by atoms with Gasteiger partial charge in [-0.25, -0.2) is 0 Å². The molecular formula is C58H43N. The monoisotopic (exact) mass is 753 g/mol. The first-order valence-electron chi connectivity index (χ1n) is 20.6. The summed E-state index contributed by atoms with van der Waals surface area (Å²) in [5.41, 5.74) is 13.4. The van der Waals surface area contributed by atoms with Crippen LogP contribution >= 0.6 is 0 Å². The molecule has 0 spiro atoms. The van der Waals surface area contributed by atoms with Crippen molar-refractivity contribution in [3.8, 4) is 11.1 Å². The molecule has 0 saturated heterocycles. The van der Waals surface area contributed by atoms with E-state index in [1.165, 1.54) is 76.8 Å². The number of rotatable bonds is 9. The highest BCUT2D eigenvalue weighted by Crippen LogP contribution is 2.44. The van der Waals surface area contributed by atoms with Crippen LogP contribution in [-0.2, 0) is 0 Å². The zero-order valence-corrected chi connectivity index (χ0v) is 32.9. The number of hydrogen-bond acceptors (Lipinski definition) is 1. The first kappa shape index (κ1) is 35.9. The van der Waals surface area contributed by atoms with Gasteiger partial charge in [-0.15, -0.1) is 0 Å². The Balaban J connectivity index is 0.946. The Bertz CT molecular complexity index is 3000. The van der Waals surface area contributed by atoms with E-state index in [9.17, 15) is 0 Å². The summed E-state index contributed by atoms with van der Waals surface area (Å²) < 4.78 is 0. The first-order chi connectivity index (χ1) is 29.2. The quantitative estimate of drug-likeness (QED) is 0.105. The van der Waals surface area contributed by atoms with Gasteiger partial charge < -0.3 is 4.90 Å². The lowest BCUT2D eigenvalue weighted by Gasteiger charge is -2.25. The van der Waals surface area contributed by atoms with Crippen molar-refractivity contribution in [2.24, 2.45) is 0 Å². The lowest BCUT2D eigenvalue weighted by Crippen LogP contribution is -2.09. The molecule has 0 atom stereocenters. The molecule has 0 N–H and O–H groups in total. The fraction of sp³-hybridized carbons (Fsp3) is 0.0345. The van der Waals surface area contributed by atoms with Gasteiger partial charge in [0.25, 0.3) is 0 Å². The minimum absolute atomic E-state index is 1.01. The molecule has 1 aliphatic rings. The Labute approximate surface area is 346 Å². The van der Waals surface area contributed by atoms with E-state index < -0.39 is 0 Å². The third-order valence-electron chi connectivity index (χ3n) is 11.5. The van der Waals surface area contributed by atoms with E-state index in [1.807, 2.05) is 6.07 Å². The van der Waals surface area contributed by atoms with E-state index in [-0.39, 0.29) is 0 Å². The second-order valence-corrected chi connectivity index (χ2v) is 15.2. The highest BCUT2D eigenvalue weighted by atomic mass is 15.1. The normalized spacial score (nSPS) is 13.0. The number of para-hydroxylation sites is 1. The fourth-order valence-corrected chi connectivity index (χ4v) is 8.61. The van der Waals surface area contributed by atoms with Gasteiger partial charge in [-0.1, -0.05) is 194 Å². The van der Waals surface area contributed by atoms with E-state index in [4.69, 9.17) is 0 Å². The summed E-state index contributed by atoms with van der Waals surface area (Å²) in [5.74, 6) is 0. The van der Waals surface area contributed by atoms with Gasteiger partial charge in [0.2, 0.25) is 0 Å². The topological polar surface area (TPSA) is 3.24 Å². The van der Waals surface area contributed by atoms with Crippen molar-refractivity contribution in [2.45, 2.75) is 12.8 Å². The molecule has 0 aromatic heterocycles. The molecule has 0 fully saturated rings. The summed E-state index contributed by atoms with van der Waals surface area (Å²) in [6.45, 7) is 0. The number of nitrogens with zero attached hydrogens (tertiary/aromatic N) is 1. The summed E-state index contributed by atoms with van der Waals surface area (Å²) in [6, 6.07) is 72.2. The maximum atomic E-state index is 2.41. The highest BCUT2D eigenvalue weighted by Gasteiger charge is 2.19. The largest absolute Gasteiger partial charge is 0.311 e. The maximum absolute atomic E-state index is 2.41. The van der Waals surface area contributed by atoms with Gasteiger partial charge in [0.1, 0.15) is 0 Å². The van der Waals surface area contributed by atoms with E-state index in [2.05, 4.69) is 235 Å². The number of benzene rings is 9. The van der Waals surface area contributed by atoms with Crippen LogP contribution in [0.15, 0.2) is 224 Å². The maximum Gasteiger partial charge on any atom is 0.0462 e. The molecule has 1 nitrogen and oxygen atoms in total. The predicted molar refractivity (Wildman–Crippen MR) is 255 cm³/mol. The molecule has 0 amide bonds. The minimum atomic E-state index is 1.01. The molecule has 9 aromatic rings. The Kier molecular flexibility index (Phi) is 9.84. The Morgan fingerprint density at radius 3 is 1.46 bits per heavy atom. The second kappa shape index (κ2) is 16.2. The average molecular weight is 754 g/mol. The average Bonchev–Trinajstić information content (AvgIpc) is 3.31. The Morgan fingerprint density at radius 2 is 0.847 bits per heavy atom. The van der Waals surface area contributed by atoms with E-state index in [1.54, 1.807) is 0 Å². The van der Waals surface area contributed by atoms with Crippen molar-refractivity contribution < 1.29 is 0 Å².